The third kappa shape index (κ3) is 3.45. The molecule has 1 N–H and O–H groups in total. The highest BCUT2D eigenvalue weighted by molar-refractivity contribution is 7.90. The molecular formula is C10H14ClNO3S. The molecule has 1 aromatic carbocycles. The average molecular weight is 264 g/mol. The second-order valence-electron chi connectivity index (χ2n) is 3.24. The summed E-state index contributed by atoms with van der Waals surface area (Å²) in [6.07, 6.45) is 1.16. The van der Waals surface area contributed by atoms with Gasteiger partial charge in [-0.05, 0) is 19.1 Å². The van der Waals surface area contributed by atoms with E-state index in [1.54, 1.807) is 12.1 Å². The lowest BCUT2D eigenvalue weighted by Gasteiger charge is -2.10. The highest BCUT2D eigenvalue weighted by Gasteiger charge is 2.15. The van der Waals surface area contributed by atoms with E-state index in [1.165, 1.54) is 6.07 Å². The highest BCUT2D eigenvalue weighted by Crippen LogP contribution is 2.23. The second kappa shape index (κ2) is 5.63. The fraction of sp³-hybridized carbons (Fsp3) is 0.400. The minimum Gasteiger partial charge on any atom is -0.302 e. The maximum Gasteiger partial charge on any atom is 0.175 e. The van der Waals surface area contributed by atoms with Crippen LogP contribution in [-0.2, 0) is 21.2 Å². The molecule has 4 nitrogen and oxygen atoms in total. The molecule has 0 amide bonds. The van der Waals surface area contributed by atoms with Gasteiger partial charge in [-0.15, -0.1) is 0 Å². The smallest absolute Gasteiger partial charge is 0.175 e. The van der Waals surface area contributed by atoms with Gasteiger partial charge < -0.3 is 4.84 Å². The SMILES string of the molecule is CCONCc1c(Cl)cccc1S(C)(=O)=O. The van der Waals surface area contributed by atoms with Crippen LogP contribution in [0.1, 0.15) is 12.5 Å². The summed E-state index contributed by atoms with van der Waals surface area (Å²) < 4.78 is 23.0. The summed E-state index contributed by atoms with van der Waals surface area (Å²) in [5.41, 5.74) is 3.18. The van der Waals surface area contributed by atoms with E-state index in [4.69, 9.17) is 16.4 Å². The molecule has 0 fully saturated rings. The first-order valence-corrected chi connectivity index (χ1v) is 7.06. The van der Waals surface area contributed by atoms with E-state index in [0.29, 0.717) is 17.2 Å². The molecule has 0 bridgehead atoms. The molecule has 0 aliphatic carbocycles. The zero-order valence-corrected chi connectivity index (χ0v) is 10.7. The summed E-state index contributed by atoms with van der Waals surface area (Å²) in [7, 11) is -3.27. The van der Waals surface area contributed by atoms with Crippen molar-refractivity contribution in [2.24, 2.45) is 0 Å². The first kappa shape index (κ1) is 13.4. The van der Waals surface area contributed by atoms with Gasteiger partial charge in [-0.2, -0.15) is 5.48 Å². The number of benzene rings is 1. The lowest BCUT2D eigenvalue weighted by molar-refractivity contribution is 0.0459. The summed E-state index contributed by atoms with van der Waals surface area (Å²) in [6.45, 7) is 2.59. The van der Waals surface area contributed by atoms with Crippen molar-refractivity contribution >= 4 is 21.4 Å². The largest absolute Gasteiger partial charge is 0.302 e. The zero-order chi connectivity index (χ0) is 12.2. The summed E-state index contributed by atoms with van der Waals surface area (Å²) in [5, 5.41) is 0.412. The van der Waals surface area contributed by atoms with Crippen molar-refractivity contribution in [2.75, 3.05) is 12.9 Å². The number of hydrogen-bond acceptors (Lipinski definition) is 4. The van der Waals surface area contributed by atoms with E-state index in [9.17, 15) is 8.42 Å². The van der Waals surface area contributed by atoms with Crippen molar-refractivity contribution in [2.45, 2.75) is 18.4 Å². The Morgan fingerprint density at radius 1 is 1.44 bits per heavy atom. The van der Waals surface area contributed by atoms with E-state index in [1.807, 2.05) is 6.92 Å². The minimum atomic E-state index is -3.27. The van der Waals surface area contributed by atoms with Gasteiger partial charge in [0.15, 0.2) is 9.84 Å². The van der Waals surface area contributed by atoms with Crippen LogP contribution < -0.4 is 5.48 Å². The molecule has 0 heterocycles. The molecule has 0 spiro atoms. The Labute approximate surface area is 100 Å². The Balaban J connectivity index is 3.05. The molecule has 90 valence electrons. The number of hydroxylamine groups is 1. The van der Waals surface area contributed by atoms with Gasteiger partial charge in [0, 0.05) is 23.4 Å². The molecule has 0 aromatic heterocycles. The first-order valence-electron chi connectivity index (χ1n) is 4.79. The standard InChI is InChI=1S/C10H14ClNO3S/c1-3-15-12-7-8-9(11)5-4-6-10(8)16(2,13)14/h4-6,12H,3,7H2,1-2H3. The summed E-state index contributed by atoms with van der Waals surface area (Å²) in [5.74, 6) is 0. The van der Waals surface area contributed by atoms with Gasteiger partial charge in [0.25, 0.3) is 0 Å². The molecule has 6 heteroatoms. The quantitative estimate of drug-likeness (QED) is 0.650. The molecule has 0 atom stereocenters. The van der Waals surface area contributed by atoms with Crippen LogP contribution in [0.25, 0.3) is 0 Å². The fourth-order valence-corrected chi connectivity index (χ4v) is 2.54. The van der Waals surface area contributed by atoms with Crippen LogP contribution in [0, 0.1) is 0 Å². The molecule has 0 aliphatic rings. The Bertz CT molecular complexity index is 459. The summed E-state index contributed by atoms with van der Waals surface area (Å²) >= 11 is 5.95. The number of nitrogens with one attached hydrogen (secondary N) is 1. The molecule has 0 unspecified atom stereocenters. The maximum absolute atomic E-state index is 11.5. The maximum atomic E-state index is 11.5. The van der Waals surface area contributed by atoms with Crippen LogP contribution in [0.5, 0.6) is 0 Å². The van der Waals surface area contributed by atoms with Gasteiger partial charge in [-0.3, -0.25) is 0 Å². The van der Waals surface area contributed by atoms with E-state index in [-0.39, 0.29) is 11.4 Å². The lowest BCUT2D eigenvalue weighted by atomic mass is 10.2. The summed E-state index contributed by atoms with van der Waals surface area (Å²) in [6, 6.07) is 4.80. The van der Waals surface area contributed by atoms with Crippen molar-refractivity contribution in [3.05, 3.63) is 28.8 Å². The molecule has 1 aromatic rings. The number of sulfone groups is 1. The topological polar surface area (TPSA) is 55.4 Å². The van der Waals surface area contributed by atoms with Gasteiger partial charge in [0.2, 0.25) is 0 Å². The van der Waals surface area contributed by atoms with Crippen molar-refractivity contribution in [1.29, 1.82) is 0 Å². The molecule has 0 aliphatic heterocycles. The normalized spacial score (nSPS) is 11.7. The molecule has 1 rings (SSSR count). The Hall–Kier alpha value is -0.620. The number of halogens is 1. The van der Waals surface area contributed by atoms with Crippen LogP contribution in [0.15, 0.2) is 23.1 Å². The number of hydrogen-bond donors (Lipinski definition) is 1. The lowest BCUT2D eigenvalue weighted by Crippen LogP contribution is -2.16. The van der Waals surface area contributed by atoms with E-state index >= 15 is 0 Å². The molecule has 0 saturated carbocycles. The molecular weight excluding hydrogens is 250 g/mol. The third-order valence-corrected chi connectivity index (χ3v) is 3.51. The van der Waals surface area contributed by atoms with Gasteiger partial charge in [-0.1, -0.05) is 17.7 Å². The van der Waals surface area contributed by atoms with Gasteiger partial charge in [0.1, 0.15) is 0 Å². The monoisotopic (exact) mass is 263 g/mol. The van der Waals surface area contributed by atoms with Crippen LogP contribution in [-0.4, -0.2) is 21.3 Å². The predicted molar refractivity (Wildman–Crippen MR) is 63.0 cm³/mol. The van der Waals surface area contributed by atoms with Gasteiger partial charge >= 0.3 is 0 Å². The molecule has 0 radical (unpaired) electrons. The Kier molecular flexibility index (Phi) is 4.73. The van der Waals surface area contributed by atoms with Crippen molar-refractivity contribution in [1.82, 2.24) is 5.48 Å². The fourth-order valence-electron chi connectivity index (χ4n) is 1.28. The van der Waals surface area contributed by atoms with Crippen molar-refractivity contribution in [3.63, 3.8) is 0 Å². The van der Waals surface area contributed by atoms with Crippen LogP contribution in [0.3, 0.4) is 0 Å². The van der Waals surface area contributed by atoms with Crippen LogP contribution >= 0.6 is 11.6 Å². The molecule has 0 saturated heterocycles. The van der Waals surface area contributed by atoms with Crippen LogP contribution in [0.4, 0.5) is 0 Å². The Morgan fingerprint density at radius 2 is 2.12 bits per heavy atom. The first-order chi connectivity index (χ1) is 7.46. The third-order valence-electron chi connectivity index (χ3n) is 1.97. The predicted octanol–water partition coefficient (Wildman–Crippen LogP) is 1.78. The second-order valence-corrected chi connectivity index (χ2v) is 5.63. The summed E-state index contributed by atoms with van der Waals surface area (Å²) in [4.78, 5) is 5.19. The molecule has 16 heavy (non-hydrogen) atoms. The van der Waals surface area contributed by atoms with E-state index in [0.717, 1.165) is 6.26 Å². The van der Waals surface area contributed by atoms with Crippen molar-refractivity contribution in [3.8, 4) is 0 Å². The Morgan fingerprint density at radius 3 is 2.69 bits per heavy atom. The van der Waals surface area contributed by atoms with Crippen molar-refractivity contribution < 1.29 is 13.3 Å². The zero-order valence-electron chi connectivity index (χ0n) is 9.16. The van der Waals surface area contributed by atoms with E-state index in [2.05, 4.69) is 5.48 Å². The average Bonchev–Trinajstić information content (AvgIpc) is 2.19. The van der Waals surface area contributed by atoms with Crippen LogP contribution in [0.2, 0.25) is 5.02 Å². The number of rotatable bonds is 5. The van der Waals surface area contributed by atoms with Gasteiger partial charge in [-0.25, -0.2) is 8.42 Å². The minimum absolute atomic E-state index is 0.229. The van der Waals surface area contributed by atoms with E-state index < -0.39 is 9.84 Å². The highest BCUT2D eigenvalue weighted by atomic mass is 35.5. The van der Waals surface area contributed by atoms with Gasteiger partial charge in [0.05, 0.1) is 11.5 Å².